The number of nitrogens with zero attached hydrogens (tertiary/aromatic N) is 2. The predicted molar refractivity (Wildman–Crippen MR) is 104 cm³/mol. The normalized spacial score (nSPS) is 11.3. The summed E-state index contributed by atoms with van der Waals surface area (Å²) in [7, 11) is 5.13. The molecule has 1 atom stereocenters. The third kappa shape index (κ3) is 4.97. The van der Waals surface area contributed by atoms with E-state index in [1.54, 1.807) is 24.3 Å². The van der Waals surface area contributed by atoms with Crippen molar-refractivity contribution in [3.8, 4) is 5.75 Å². The van der Waals surface area contributed by atoms with Crippen LogP contribution in [0.25, 0.3) is 0 Å². The number of nitrogens with one attached hydrogen (secondary N) is 1. The van der Waals surface area contributed by atoms with Gasteiger partial charge in [-0.25, -0.2) is 4.79 Å². The summed E-state index contributed by atoms with van der Waals surface area (Å²) in [6.07, 6.45) is -1.12. The lowest BCUT2D eigenvalue weighted by Crippen LogP contribution is -2.30. The molecule has 0 unspecified atom stereocenters. The third-order valence-corrected chi connectivity index (χ3v) is 3.92. The van der Waals surface area contributed by atoms with Gasteiger partial charge in [-0.2, -0.15) is 0 Å². The minimum Gasteiger partial charge on any atom is -0.495 e. The van der Waals surface area contributed by atoms with Crippen LogP contribution in [0, 0.1) is 10.1 Å². The highest BCUT2D eigenvalue weighted by molar-refractivity contribution is 5.98. The number of esters is 1. The first-order valence-corrected chi connectivity index (χ1v) is 8.34. The number of carbonyl (C=O) groups is 2. The minimum atomic E-state index is -1.12. The number of amides is 1. The minimum absolute atomic E-state index is 0.111. The molecule has 0 saturated heterocycles. The summed E-state index contributed by atoms with van der Waals surface area (Å²) in [5.74, 6) is -1.05. The van der Waals surface area contributed by atoms with E-state index in [2.05, 4.69) is 5.32 Å². The van der Waals surface area contributed by atoms with Crippen LogP contribution in [-0.4, -0.2) is 44.1 Å². The maximum absolute atomic E-state index is 12.4. The Morgan fingerprint density at radius 1 is 1.14 bits per heavy atom. The molecule has 0 saturated carbocycles. The van der Waals surface area contributed by atoms with Crippen LogP contribution in [0.5, 0.6) is 5.75 Å². The summed E-state index contributed by atoms with van der Waals surface area (Å²) >= 11 is 0. The number of hydrogen-bond donors (Lipinski definition) is 1. The largest absolute Gasteiger partial charge is 0.495 e. The number of anilines is 2. The molecular weight excluding hydrogens is 366 g/mol. The average molecular weight is 387 g/mol. The molecule has 0 bridgehead atoms. The molecule has 2 rings (SSSR count). The van der Waals surface area contributed by atoms with Crippen molar-refractivity contribution in [3.63, 3.8) is 0 Å². The molecule has 0 radical (unpaired) electrons. The second-order valence-electron chi connectivity index (χ2n) is 6.12. The van der Waals surface area contributed by atoms with Crippen LogP contribution in [0.15, 0.2) is 42.5 Å². The van der Waals surface area contributed by atoms with Gasteiger partial charge in [0.1, 0.15) is 5.75 Å². The van der Waals surface area contributed by atoms with E-state index in [1.807, 2.05) is 19.0 Å². The van der Waals surface area contributed by atoms with Crippen molar-refractivity contribution in [2.24, 2.45) is 0 Å². The van der Waals surface area contributed by atoms with Gasteiger partial charge in [0.05, 0.1) is 23.3 Å². The molecule has 1 amide bonds. The van der Waals surface area contributed by atoms with E-state index >= 15 is 0 Å². The summed E-state index contributed by atoms with van der Waals surface area (Å²) < 4.78 is 10.3. The molecule has 9 heteroatoms. The summed E-state index contributed by atoms with van der Waals surface area (Å²) in [5.41, 5.74) is 1.12. The zero-order valence-electron chi connectivity index (χ0n) is 16.0. The van der Waals surface area contributed by atoms with E-state index in [1.165, 1.54) is 32.2 Å². The van der Waals surface area contributed by atoms with E-state index in [4.69, 9.17) is 9.47 Å². The van der Waals surface area contributed by atoms with Crippen molar-refractivity contribution in [1.82, 2.24) is 0 Å². The van der Waals surface area contributed by atoms with E-state index < -0.39 is 22.9 Å². The molecule has 28 heavy (non-hydrogen) atoms. The molecule has 2 aromatic rings. The number of carbonyl (C=O) groups excluding carboxylic acids is 2. The number of nitro benzene ring substituents is 1. The van der Waals surface area contributed by atoms with Crippen LogP contribution < -0.4 is 15.0 Å². The first kappa shape index (κ1) is 20.7. The van der Waals surface area contributed by atoms with Crippen LogP contribution in [0.4, 0.5) is 17.1 Å². The monoisotopic (exact) mass is 387 g/mol. The van der Waals surface area contributed by atoms with Crippen LogP contribution in [-0.2, 0) is 9.53 Å². The molecule has 0 aliphatic rings. The van der Waals surface area contributed by atoms with Crippen molar-refractivity contribution in [2.75, 3.05) is 31.4 Å². The fourth-order valence-electron chi connectivity index (χ4n) is 2.32. The SMILES string of the molecule is COc1ccc([N+](=O)[O-])cc1NC(=O)[C@@H](C)OC(=O)c1ccc(N(C)C)cc1. The van der Waals surface area contributed by atoms with Gasteiger partial charge >= 0.3 is 5.97 Å². The second-order valence-corrected chi connectivity index (χ2v) is 6.12. The topological polar surface area (TPSA) is 111 Å². The van der Waals surface area contributed by atoms with Crippen molar-refractivity contribution < 1.29 is 24.0 Å². The van der Waals surface area contributed by atoms with Crippen LogP contribution in [0.3, 0.4) is 0 Å². The van der Waals surface area contributed by atoms with E-state index in [0.29, 0.717) is 5.56 Å². The summed E-state index contributed by atoms with van der Waals surface area (Å²) in [5, 5.41) is 13.4. The molecule has 0 fully saturated rings. The third-order valence-electron chi connectivity index (χ3n) is 3.92. The Balaban J connectivity index is 2.07. The fraction of sp³-hybridized carbons (Fsp3) is 0.263. The zero-order chi connectivity index (χ0) is 20.8. The number of non-ortho nitro benzene ring substituents is 1. The Labute approximate surface area is 162 Å². The lowest BCUT2D eigenvalue weighted by atomic mass is 10.2. The van der Waals surface area contributed by atoms with Gasteiger partial charge < -0.3 is 19.7 Å². The summed E-state index contributed by atoms with van der Waals surface area (Å²) in [6.45, 7) is 1.41. The van der Waals surface area contributed by atoms with Crippen molar-refractivity contribution in [1.29, 1.82) is 0 Å². The first-order valence-electron chi connectivity index (χ1n) is 8.34. The Bertz CT molecular complexity index is 880. The maximum Gasteiger partial charge on any atom is 0.338 e. The molecule has 2 aromatic carbocycles. The molecule has 148 valence electrons. The molecule has 0 heterocycles. The van der Waals surface area contributed by atoms with Gasteiger partial charge in [-0.15, -0.1) is 0 Å². The number of ether oxygens (including phenoxy) is 2. The molecule has 0 aliphatic heterocycles. The van der Waals surface area contributed by atoms with Gasteiger partial charge in [0.25, 0.3) is 11.6 Å². The second kappa shape index (κ2) is 8.85. The Kier molecular flexibility index (Phi) is 6.54. The Morgan fingerprint density at radius 2 is 1.79 bits per heavy atom. The smallest absolute Gasteiger partial charge is 0.338 e. The van der Waals surface area contributed by atoms with Crippen molar-refractivity contribution >= 4 is 28.9 Å². The number of benzene rings is 2. The highest BCUT2D eigenvalue weighted by atomic mass is 16.6. The molecule has 9 nitrogen and oxygen atoms in total. The fourth-order valence-corrected chi connectivity index (χ4v) is 2.32. The lowest BCUT2D eigenvalue weighted by Gasteiger charge is -2.16. The number of methoxy groups -OCH3 is 1. The van der Waals surface area contributed by atoms with Gasteiger partial charge in [0.15, 0.2) is 6.10 Å². The van der Waals surface area contributed by atoms with Crippen LogP contribution >= 0.6 is 0 Å². The zero-order valence-corrected chi connectivity index (χ0v) is 16.0. The van der Waals surface area contributed by atoms with Gasteiger partial charge in [0.2, 0.25) is 0 Å². The molecule has 0 aliphatic carbocycles. The van der Waals surface area contributed by atoms with Gasteiger partial charge in [0, 0.05) is 31.9 Å². The van der Waals surface area contributed by atoms with Crippen molar-refractivity contribution in [3.05, 3.63) is 58.1 Å². The standard InChI is InChI=1S/C19H21N3O6/c1-12(28-19(24)13-5-7-14(8-6-13)21(2)3)18(23)20-16-11-15(22(25)26)9-10-17(16)27-4/h5-12H,1-4H3,(H,20,23)/t12-/m1/s1. The van der Waals surface area contributed by atoms with E-state index in [0.717, 1.165) is 5.69 Å². The summed E-state index contributed by atoms with van der Waals surface area (Å²) in [6, 6.07) is 10.5. The highest BCUT2D eigenvalue weighted by Crippen LogP contribution is 2.29. The molecular formula is C19H21N3O6. The Morgan fingerprint density at radius 3 is 2.32 bits per heavy atom. The summed E-state index contributed by atoms with van der Waals surface area (Å²) in [4.78, 5) is 36.8. The number of hydrogen-bond acceptors (Lipinski definition) is 7. The maximum atomic E-state index is 12.4. The molecule has 0 aromatic heterocycles. The Hall–Kier alpha value is -3.62. The van der Waals surface area contributed by atoms with Crippen molar-refractivity contribution in [2.45, 2.75) is 13.0 Å². The van der Waals surface area contributed by atoms with Gasteiger partial charge in [-0.1, -0.05) is 0 Å². The van der Waals surface area contributed by atoms with Gasteiger partial charge in [-0.05, 0) is 37.3 Å². The quantitative estimate of drug-likeness (QED) is 0.442. The predicted octanol–water partition coefficient (Wildman–Crippen LogP) is 2.85. The average Bonchev–Trinajstić information content (AvgIpc) is 2.67. The molecule has 0 spiro atoms. The van der Waals surface area contributed by atoms with Crippen LogP contribution in [0.2, 0.25) is 0 Å². The number of rotatable bonds is 7. The van der Waals surface area contributed by atoms with Crippen LogP contribution in [0.1, 0.15) is 17.3 Å². The number of nitro groups is 1. The van der Waals surface area contributed by atoms with E-state index in [-0.39, 0.29) is 17.1 Å². The first-order chi connectivity index (χ1) is 13.2. The highest BCUT2D eigenvalue weighted by Gasteiger charge is 2.21. The van der Waals surface area contributed by atoms with E-state index in [9.17, 15) is 19.7 Å². The molecule has 1 N–H and O–H groups in total. The lowest BCUT2D eigenvalue weighted by molar-refractivity contribution is -0.384. The van der Waals surface area contributed by atoms with Gasteiger partial charge in [-0.3, -0.25) is 14.9 Å².